The Morgan fingerprint density at radius 1 is 1.19 bits per heavy atom. The van der Waals surface area contributed by atoms with E-state index in [1.165, 1.54) is 6.92 Å². The summed E-state index contributed by atoms with van der Waals surface area (Å²) in [7, 11) is 1.86. The van der Waals surface area contributed by atoms with Crippen molar-refractivity contribution in [2.45, 2.75) is 96.9 Å². The quantitative estimate of drug-likeness (QED) is 0.381. The van der Waals surface area contributed by atoms with Gasteiger partial charge in [-0.25, -0.2) is 0 Å². The largest absolute Gasteiger partial charge is 0.459 e. The molecule has 0 aromatic carbocycles. The van der Waals surface area contributed by atoms with Crippen LogP contribution in [-0.4, -0.2) is 80.4 Å². The van der Waals surface area contributed by atoms with E-state index in [1.54, 1.807) is 33.8 Å². The summed E-state index contributed by atoms with van der Waals surface area (Å²) in [5, 5.41) is 44.3. The van der Waals surface area contributed by atoms with Gasteiger partial charge in [0.25, 0.3) is 0 Å². The van der Waals surface area contributed by atoms with Crippen molar-refractivity contribution in [2.24, 2.45) is 23.7 Å². The van der Waals surface area contributed by atoms with Crippen molar-refractivity contribution in [1.29, 1.82) is 0 Å². The Morgan fingerprint density at radius 2 is 1.74 bits per heavy atom. The van der Waals surface area contributed by atoms with E-state index in [-0.39, 0.29) is 5.92 Å². The Labute approximate surface area is 188 Å². The van der Waals surface area contributed by atoms with Gasteiger partial charge in [0.05, 0.1) is 17.6 Å². The van der Waals surface area contributed by atoms with Gasteiger partial charge in [-0.3, -0.25) is 4.79 Å². The lowest BCUT2D eigenvalue weighted by Gasteiger charge is -2.42. The summed E-state index contributed by atoms with van der Waals surface area (Å²) in [6, 6.07) is -0.419. The third-order valence-electron chi connectivity index (χ3n) is 7.35. The third-order valence-corrected chi connectivity index (χ3v) is 7.35. The van der Waals surface area contributed by atoms with Gasteiger partial charge in [0.2, 0.25) is 0 Å². The molecule has 0 radical (unpaired) electrons. The molecule has 31 heavy (non-hydrogen) atoms. The lowest BCUT2D eigenvalue weighted by Crippen LogP contribution is -2.59. The summed E-state index contributed by atoms with van der Waals surface area (Å²) in [6.07, 6.45) is -0.778. The lowest BCUT2D eigenvalue weighted by atomic mass is 9.72. The van der Waals surface area contributed by atoms with Crippen LogP contribution in [0.3, 0.4) is 0 Å². The Balaban J connectivity index is 3.43. The van der Waals surface area contributed by atoms with Gasteiger partial charge in [0, 0.05) is 18.5 Å². The zero-order valence-corrected chi connectivity index (χ0v) is 20.6. The maximum absolute atomic E-state index is 12.9. The number of aliphatic hydroxyl groups is 4. The molecule has 0 aromatic heterocycles. The number of rotatable bonds is 2. The number of esters is 1. The van der Waals surface area contributed by atoms with E-state index >= 15 is 0 Å². The Bertz CT molecular complexity index is 607. The zero-order valence-electron chi connectivity index (χ0n) is 20.6. The minimum Gasteiger partial charge on any atom is -0.459 e. The molecule has 4 N–H and O–H groups in total. The van der Waals surface area contributed by atoms with Gasteiger partial charge in [-0.15, -0.1) is 6.58 Å². The lowest BCUT2D eigenvalue weighted by molar-refractivity contribution is -0.192. The highest BCUT2D eigenvalue weighted by molar-refractivity contribution is 5.73. The van der Waals surface area contributed by atoms with Crippen molar-refractivity contribution in [2.75, 3.05) is 13.6 Å². The van der Waals surface area contributed by atoms with Crippen molar-refractivity contribution < 1.29 is 30.0 Å². The Kier molecular flexibility index (Phi) is 9.73. The third kappa shape index (κ3) is 6.29. The summed E-state index contributed by atoms with van der Waals surface area (Å²) >= 11 is 0. The number of hydrogen-bond acceptors (Lipinski definition) is 7. The zero-order chi connectivity index (χ0) is 24.3. The average Bonchev–Trinajstić information content (AvgIpc) is 2.67. The van der Waals surface area contributed by atoms with Crippen LogP contribution in [0.25, 0.3) is 0 Å². The first-order valence-electron chi connectivity index (χ1n) is 11.5. The van der Waals surface area contributed by atoms with Gasteiger partial charge in [-0.2, -0.15) is 0 Å². The molecule has 1 rings (SSSR count). The van der Waals surface area contributed by atoms with Crippen LogP contribution in [0.5, 0.6) is 0 Å². The van der Waals surface area contributed by atoms with Gasteiger partial charge in [-0.05, 0) is 59.4 Å². The number of aliphatic hydroxyl groups excluding tert-OH is 2. The molecule has 0 unspecified atom stereocenters. The van der Waals surface area contributed by atoms with Crippen molar-refractivity contribution in [3.63, 3.8) is 0 Å². The van der Waals surface area contributed by atoms with Crippen LogP contribution >= 0.6 is 0 Å². The van der Waals surface area contributed by atoms with E-state index < -0.39 is 59.3 Å². The predicted octanol–water partition coefficient (Wildman–Crippen LogP) is 1.97. The molecule has 0 bridgehead atoms. The first-order valence-corrected chi connectivity index (χ1v) is 11.5. The van der Waals surface area contributed by atoms with Crippen LogP contribution in [0.15, 0.2) is 12.7 Å². The highest BCUT2D eigenvalue weighted by Gasteiger charge is 2.46. The van der Waals surface area contributed by atoms with Crippen LogP contribution in [0.4, 0.5) is 0 Å². The van der Waals surface area contributed by atoms with Gasteiger partial charge < -0.3 is 30.1 Å². The van der Waals surface area contributed by atoms with Gasteiger partial charge in [0.15, 0.2) is 0 Å². The van der Waals surface area contributed by atoms with Crippen molar-refractivity contribution >= 4 is 5.97 Å². The van der Waals surface area contributed by atoms with E-state index in [0.29, 0.717) is 19.4 Å². The van der Waals surface area contributed by atoms with E-state index in [4.69, 9.17) is 4.74 Å². The maximum atomic E-state index is 12.9. The monoisotopic (exact) mass is 443 g/mol. The smallest absolute Gasteiger partial charge is 0.311 e. The van der Waals surface area contributed by atoms with Crippen LogP contribution in [0.1, 0.15) is 61.3 Å². The number of carbonyl (C=O) groups is 1. The molecule has 0 aliphatic carbocycles. The molecule has 0 amide bonds. The predicted molar refractivity (Wildman–Crippen MR) is 121 cm³/mol. The number of carbonyl (C=O) groups excluding carboxylic acids is 1. The fraction of sp³-hybridized carbons (Fsp3) is 0.875. The second-order valence-electron chi connectivity index (χ2n) is 10.3. The molecule has 1 aliphatic heterocycles. The first-order chi connectivity index (χ1) is 14.1. The van der Waals surface area contributed by atoms with Crippen molar-refractivity contribution in [3.05, 3.63) is 12.7 Å². The van der Waals surface area contributed by atoms with Crippen LogP contribution in [-0.2, 0) is 9.53 Å². The Morgan fingerprint density at radius 3 is 2.23 bits per heavy atom. The summed E-state index contributed by atoms with van der Waals surface area (Å²) in [5.74, 6) is -2.35. The van der Waals surface area contributed by atoms with Crippen molar-refractivity contribution in [1.82, 2.24) is 4.90 Å². The normalized spacial score (nSPS) is 47.2. The van der Waals surface area contributed by atoms with E-state index in [1.807, 2.05) is 25.8 Å². The molecular weight excluding hydrogens is 398 g/mol. The van der Waals surface area contributed by atoms with Crippen molar-refractivity contribution in [3.8, 4) is 0 Å². The molecule has 10 atom stereocenters. The number of cyclic esters (lactones) is 1. The molecule has 1 saturated heterocycles. The molecule has 0 aromatic rings. The SMILES string of the molecule is C=C[C@@H]1[C@@H](C)[C@H](O)[C@@H](C)C(=O)O[C@H](CC)[C@@](C)(O)[C@H](O)[C@@H](C)N(C)C[C@H](C)C[C@@]1(C)O. The fourth-order valence-electron chi connectivity index (χ4n) is 5.19. The topological polar surface area (TPSA) is 110 Å². The molecule has 7 nitrogen and oxygen atoms in total. The van der Waals surface area contributed by atoms with E-state index in [0.717, 1.165) is 0 Å². The van der Waals surface area contributed by atoms with E-state index in [9.17, 15) is 25.2 Å². The molecule has 1 aliphatic rings. The number of hydrogen-bond donors (Lipinski definition) is 4. The summed E-state index contributed by atoms with van der Waals surface area (Å²) < 4.78 is 5.60. The molecule has 1 heterocycles. The second kappa shape index (κ2) is 10.8. The summed E-state index contributed by atoms with van der Waals surface area (Å²) in [6.45, 7) is 16.6. The van der Waals surface area contributed by atoms with Crippen LogP contribution in [0.2, 0.25) is 0 Å². The molecular formula is C24H45NO6. The molecule has 182 valence electrons. The van der Waals surface area contributed by atoms with Gasteiger partial charge in [0.1, 0.15) is 17.8 Å². The summed E-state index contributed by atoms with van der Waals surface area (Å²) in [5.41, 5.74) is -2.82. The van der Waals surface area contributed by atoms with Gasteiger partial charge in [-0.1, -0.05) is 26.8 Å². The Hall–Kier alpha value is -0.990. The summed E-state index contributed by atoms with van der Waals surface area (Å²) in [4.78, 5) is 14.8. The first kappa shape index (κ1) is 28.0. The molecule has 7 heteroatoms. The molecule has 0 spiro atoms. The maximum Gasteiger partial charge on any atom is 0.311 e. The minimum atomic E-state index is -1.67. The van der Waals surface area contributed by atoms with Crippen LogP contribution < -0.4 is 0 Å². The van der Waals surface area contributed by atoms with Gasteiger partial charge >= 0.3 is 5.97 Å². The number of ether oxygens (including phenoxy) is 1. The highest BCUT2D eigenvalue weighted by Crippen LogP contribution is 2.36. The fourth-order valence-corrected chi connectivity index (χ4v) is 5.19. The van der Waals surface area contributed by atoms with E-state index in [2.05, 4.69) is 6.58 Å². The molecule has 0 saturated carbocycles. The standard InChI is InChI=1S/C24H45NO6/c1-10-18-15(4)20(26)16(5)22(28)31-19(11-2)24(8,30)21(27)17(6)25(9)13-14(3)12-23(18,7)29/h10,14-21,26-27,29-30H,1,11-13H2,2-9H3/t14-,15-,16-,17-,18-,19-,20+,21-,23-,24-/m1/s1. The molecule has 1 fully saturated rings. The second-order valence-corrected chi connectivity index (χ2v) is 10.3. The highest BCUT2D eigenvalue weighted by atomic mass is 16.6. The van der Waals surface area contributed by atoms with Crippen LogP contribution in [0, 0.1) is 23.7 Å². The average molecular weight is 444 g/mol. The minimum absolute atomic E-state index is 0.0637. The number of nitrogens with zero attached hydrogens (tertiary/aromatic N) is 1. The number of likely N-dealkylation sites (N-methyl/N-ethyl adjacent to an activating group) is 1.